The van der Waals surface area contributed by atoms with E-state index in [1.54, 1.807) is 12.3 Å². The molecule has 0 saturated carbocycles. The lowest BCUT2D eigenvalue weighted by atomic mass is 10.2. The summed E-state index contributed by atoms with van der Waals surface area (Å²) in [4.78, 5) is 15.3. The Kier molecular flexibility index (Phi) is 4.36. The van der Waals surface area contributed by atoms with E-state index in [0.717, 1.165) is 0 Å². The van der Waals surface area contributed by atoms with Gasteiger partial charge in [0.05, 0.1) is 26.5 Å². The molecule has 8 heteroatoms. The van der Waals surface area contributed by atoms with Crippen molar-refractivity contribution in [3.8, 4) is 11.5 Å². The highest BCUT2D eigenvalue weighted by Gasteiger charge is 2.19. The first-order valence-electron chi connectivity index (χ1n) is 6.33. The van der Waals surface area contributed by atoms with Gasteiger partial charge in [0.25, 0.3) is 0 Å². The second-order valence-corrected chi connectivity index (χ2v) is 4.19. The molecule has 0 atom stereocenters. The molecule has 0 aliphatic rings. The van der Waals surface area contributed by atoms with Crippen LogP contribution in [0.1, 0.15) is 28.8 Å². The van der Waals surface area contributed by atoms with Gasteiger partial charge in [-0.1, -0.05) is 12.1 Å². The molecule has 2 heterocycles. The number of carbonyl (C=O) groups is 1. The summed E-state index contributed by atoms with van der Waals surface area (Å²) in [7, 11) is 3.06. The van der Waals surface area contributed by atoms with E-state index < -0.39 is 5.97 Å². The molecule has 1 N–H and O–H groups in total. The van der Waals surface area contributed by atoms with Gasteiger partial charge in [-0.15, -0.1) is 5.10 Å². The van der Waals surface area contributed by atoms with Crippen molar-refractivity contribution in [2.45, 2.75) is 19.9 Å². The van der Waals surface area contributed by atoms with Crippen molar-refractivity contribution in [3.63, 3.8) is 0 Å². The zero-order valence-corrected chi connectivity index (χ0v) is 12.0. The third-order valence-electron chi connectivity index (χ3n) is 3.04. The molecule has 2 aromatic rings. The topological polar surface area (TPSA) is 99.4 Å². The van der Waals surface area contributed by atoms with E-state index in [0.29, 0.717) is 29.3 Å². The fourth-order valence-corrected chi connectivity index (χ4v) is 2.08. The lowest BCUT2D eigenvalue weighted by Gasteiger charge is -2.12. The van der Waals surface area contributed by atoms with Crippen LogP contribution in [-0.4, -0.2) is 45.3 Å². The maximum atomic E-state index is 11.1. The summed E-state index contributed by atoms with van der Waals surface area (Å²) in [5, 5.41) is 16.7. The van der Waals surface area contributed by atoms with Crippen LogP contribution in [0.2, 0.25) is 0 Å². The van der Waals surface area contributed by atoms with Gasteiger partial charge in [0.2, 0.25) is 0 Å². The number of hydrogen-bond donors (Lipinski definition) is 1. The van der Waals surface area contributed by atoms with Gasteiger partial charge < -0.3 is 14.6 Å². The second-order valence-electron chi connectivity index (χ2n) is 4.19. The largest absolute Gasteiger partial charge is 0.493 e. The molecule has 0 unspecified atom stereocenters. The van der Waals surface area contributed by atoms with E-state index in [4.69, 9.17) is 14.6 Å². The van der Waals surface area contributed by atoms with Crippen molar-refractivity contribution in [1.82, 2.24) is 20.0 Å². The maximum absolute atomic E-state index is 11.1. The van der Waals surface area contributed by atoms with E-state index >= 15 is 0 Å². The zero-order chi connectivity index (χ0) is 15.4. The Morgan fingerprint density at radius 2 is 2.14 bits per heavy atom. The quantitative estimate of drug-likeness (QED) is 0.847. The van der Waals surface area contributed by atoms with Gasteiger partial charge >= 0.3 is 5.97 Å². The minimum Gasteiger partial charge on any atom is -0.493 e. The van der Waals surface area contributed by atoms with Gasteiger partial charge in [-0.3, -0.25) is 4.98 Å². The number of ether oxygens (including phenoxy) is 2. The molecule has 0 radical (unpaired) electrons. The first-order chi connectivity index (χ1) is 10.1. The molecule has 0 aromatic carbocycles. The summed E-state index contributed by atoms with van der Waals surface area (Å²) in [5.41, 5.74) is 1.09. The number of carboxylic acid groups (broad SMARTS) is 1. The first kappa shape index (κ1) is 14.8. The monoisotopic (exact) mass is 292 g/mol. The lowest BCUT2D eigenvalue weighted by molar-refractivity contribution is 0.0689. The van der Waals surface area contributed by atoms with Crippen LogP contribution in [0.25, 0.3) is 0 Å². The molecule has 2 aromatic heterocycles. The van der Waals surface area contributed by atoms with Gasteiger partial charge in [0.1, 0.15) is 5.69 Å². The number of methoxy groups -OCH3 is 2. The van der Waals surface area contributed by atoms with Gasteiger partial charge in [-0.2, -0.15) is 0 Å². The SMILES string of the molecule is CCc1c(C(=O)O)nnn1Cc1nccc(OC)c1OC. The fourth-order valence-electron chi connectivity index (χ4n) is 2.08. The average Bonchev–Trinajstić information content (AvgIpc) is 2.89. The number of nitrogens with zero attached hydrogens (tertiary/aromatic N) is 4. The maximum Gasteiger partial charge on any atom is 0.358 e. The van der Waals surface area contributed by atoms with Gasteiger partial charge in [0.15, 0.2) is 17.2 Å². The summed E-state index contributed by atoms with van der Waals surface area (Å²) >= 11 is 0. The predicted octanol–water partition coefficient (Wildman–Crippen LogP) is 0.999. The Balaban J connectivity index is 2.41. The average molecular weight is 292 g/mol. The van der Waals surface area contributed by atoms with E-state index in [-0.39, 0.29) is 12.2 Å². The van der Waals surface area contributed by atoms with Crippen LogP contribution in [0.5, 0.6) is 11.5 Å². The molecule has 0 bridgehead atoms. The summed E-state index contributed by atoms with van der Waals surface area (Å²) in [6, 6.07) is 1.69. The number of aromatic carboxylic acids is 1. The Morgan fingerprint density at radius 1 is 1.38 bits per heavy atom. The Hall–Kier alpha value is -2.64. The van der Waals surface area contributed by atoms with Crippen LogP contribution in [0.3, 0.4) is 0 Å². The number of aromatic nitrogens is 4. The molecule has 21 heavy (non-hydrogen) atoms. The normalized spacial score (nSPS) is 10.4. The van der Waals surface area contributed by atoms with Crippen molar-refractivity contribution in [2.75, 3.05) is 14.2 Å². The predicted molar refractivity (Wildman–Crippen MR) is 72.8 cm³/mol. The number of carboxylic acids is 1. The van der Waals surface area contributed by atoms with Gasteiger partial charge in [0, 0.05) is 12.3 Å². The van der Waals surface area contributed by atoms with Crippen molar-refractivity contribution in [3.05, 3.63) is 29.3 Å². The molecule has 0 saturated heterocycles. The third kappa shape index (κ3) is 2.78. The molecule has 0 fully saturated rings. The highest BCUT2D eigenvalue weighted by atomic mass is 16.5. The number of pyridine rings is 1. The zero-order valence-electron chi connectivity index (χ0n) is 12.0. The van der Waals surface area contributed by atoms with Crippen molar-refractivity contribution < 1.29 is 19.4 Å². The van der Waals surface area contributed by atoms with Crippen molar-refractivity contribution >= 4 is 5.97 Å². The van der Waals surface area contributed by atoms with Crippen molar-refractivity contribution in [1.29, 1.82) is 0 Å². The van der Waals surface area contributed by atoms with E-state index in [1.807, 2.05) is 6.92 Å². The Labute approximate surface area is 121 Å². The van der Waals surface area contributed by atoms with E-state index in [9.17, 15) is 4.79 Å². The number of hydrogen-bond acceptors (Lipinski definition) is 6. The first-order valence-corrected chi connectivity index (χ1v) is 6.33. The summed E-state index contributed by atoms with van der Waals surface area (Å²) < 4.78 is 12.0. The molecular formula is C13H16N4O4. The van der Waals surface area contributed by atoms with Crippen LogP contribution in [0, 0.1) is 0 Å². The van der Waals surface area contributed by atoms with E-state index in [1.165, 1.54) is 18.9 Å². The molecule has 0 amide bonds. The van der Waals surface area contributed by atoms with Crippen LogP contribution >= 0.6 is 0 Å². The summed E-state index contributed by atoms with van der Waals surface area (Å²) in [6.45, 7) is 2.10. The third-order valence-corrected chi connectivity index (χ3v) is 3.04. The van der Waals surface area contributed by atoms with Crippen LogP contribution in [-0.2, 0) is 13.0 Å². The standard InChI is InChI=1S/C13H16N4O4/c1-4-9-11(13(18)19)15-16-17(9)7-8-12(21-3)10(20-2)5-6-14-8/h5-6H,4,7H2,1-3H3,(H,18,19). The van der Waals surface area contributed by atoms with Crippen LogP contribution in [0.4, 0.5) is 0 Å². The molecular weight excluding hydrogens is 276 g/mol. The minimum absolute atomic E-state index is 0.0423. The molecule has 0 spiro atoms. The molecule has 112 valence electrons. The van der Waals surface area contributed by atoms with Gasteiger partial charge in [-0.25, -0.2) is 9.48 Å². The molecule has 2 rings (SSSR count). The summed E-state index contributed by atoms with van der Waals surface area (Å²) in [5.74, 6) is -0.0442. The smallest absolute Gasteiger partial charge is 0.358 e. The molecule has 0 aliphatic carbocycles. The van der Waals surface area contributed by atoms with Crippen molar-refractivity contribution in [2.24, 2.45) is 0 Å². The fraction of sp³-hybridized carbons (Fsp3) is 0.385. The second kappa shape index (κ2) is 6.21. The number of rotatable bonds is 6. The highest BCUT2D eigenvalue weighted by Crippen LogP contribution is 2.29. The summed E-state index contributed by atoms with van der Waals surface area (Å²) in [6.07, 6.45) is 2.10. The molecule has 8 nitrogen and oxygen atoms in total. The molecule has 0 aliphatic heterocycles. The van der Waals surface area contributed by atoms with Crippen LogP contribution in [0.15, 0.2) is 12.3 Å². The Bertz CT molecular complexity index is 654. The lowest BCUT2D eigenvalue weighted by Crippen LogP contribution is -2.11. The van der Waals surface area contributed by atoms with Gasteiger partial charge in [-0.05, 0) is 6.42 Å². The van der Waals surface area contributed by atoms with Crippen LogP contribution < -0.4 is 9.47 Å². The Morgan fingerprint density at radius 3 is 2.71 bits per heavy atom. The highest BCUT2D eigenvalue weighted by molar-refractivity contribution is 5.86. The van der Waals surface area contributed by atoms with E-state index in [2.05, 4.69) is 15.3 Å². The minimum atomic E-state index is -1.09.